The van der Waals surface area contributed by atoms with E-state index in [4.69, 9.17) is 52.6 Å². The fourth-order valence-corrected chi connectivity index (χ4v) is 9.78. The molecule has 0 unspecified atom stereocenters. The van der Waals surface area contributed by atoms with Crippen molar-refractivity contribution in [1.29, 1.82) is 0 Å². The molecule has 0 aliphatic carbocycles. The van der Waals surface area contributed by atoms with Gasteiger partial charge in [0.2, 0.25) is 70.9 Å². The molecule has 2 aromatic rings. The van der Waals surface area contributed by atoms with Crippen LogP contribution in [-0.2, 0) is 78.3 Å². The summed E-state index contributed by atoms with van der Waals surface area (Å²) in [6.07, 6.45) is -18.7. The number of carbonyl (C=O) groups is 15. The van der Waals surface area contributed by atoms with Crippen molar-refractivity contribution in [2.45, 2.75) is 211 Å². The zero-order chi connectivity index (χ0) is 89.1. The molecule has 1 aromatic carbocycles. The number of nitrogens with one attached hydrogen (secondary N) is 11. The Kier molecular flexibility index (Phi) is 43.5. The van der Waals surface area contributed by atoms with Crippen molar-refractivity contribution < 1.29 is 147 Å². The van der Waals surface area contributed by atoms with Crippen molar-refractivity contribution >= 4 is 94.8 Å². The maximum atomic E-state index is 15.5. The number of primary amides is 1. The first-order valence-electron chi connectivity index (χ1n) is 34.7. The Balaban J connectivity index is 0.00000540. The van der Waals surface area contributed by atoms with Gasteiger partial charge in [-0.3, -0.25) is 67.5 Å². The number of carbonyl (C=O) groups excluding carboxylic acids is 12. The molecular weight excluding hydrogens is 1570 g/mol. The summed E-state index contributed by atoms with van der Waals surface area (Å²) in [6.45, 7) is 13.8. The number of aliphatic carboxylic acids is 3. The topological polar surface area (TPSA) is 659 Å². The standard InChI is InChI=1S/C61H97N17O16.3C2HF3O2/c1-11-31(6)41-56(91)75-42(32(7)80)55(90)68-27-40(81)73-46(48(83)49(63)84)59(94)72-39(28-79)54(89)76-43(34-18-13-12-14-19-34)44(77-53(88)38(24-33-17-15-21-66-26-33)70-50(85)35(62)25-61(8,9)10)57(92)78-45(47(82)30(4)5)58(93)71-37(23-29(2)3)52(87)69-36(51(86)74-41)20-16-22-67-60(64)65;3*3-2(4,5)1(6)7/h12-15,17-19,21,26,29-32,35-39,41-48,79-80,82-83H,11,16,20,22-25,27-28,62H2,1-10H3,(H2,63,84)(H,68,90)(H,69,87)(H,70,85)(H,71,93)(H,72,94)(H,73,81)(H,74,86)(H,75,91)(H,76,89)(H,77,88)(H,78,92)(H4,64,65,67);3*(H,6,7)/t31-,32-,35+,36+,37-,38-,39-,41-,42-,43+,44-,45-,46-,47+,48-;;;/m0.../s1. The van der Waals surface area contributed by atoms with Gasteiger partial charge in [0.1, 0.15) is 54.4 Å². The molecule has 12 amide bonds. The van der Waals surface area contributed by atoms with Gasteiger partial charge in [0.05, 0.1) is 37.4 Å². The van der Waals surface area contributed by atoms with Crippen LogP contribution in [0.25, 0.3) is 0 Å². The SMILES string of the molecule is CC[C@H](C)[C@@H]1NC(=O)[C@@H](CCCN=C(N)N)NC(=O)[C@H](CC(C)C)NC(=O)[C@H]([C@H](O)C(C)C)NC(=O)[C@@H](NC(=O)[C@H](Cc2cccnc2)NC(=O)[C@H](N)CC(C)(C)C)[C@@H](c2ccccc2)NC(=O)[C@H](CO)NC(=O)[C@H]([C@H](O)C(N)=O)NC(=O)CNC(=O)[C@H]([C@H](C)O)NC1=O.O=C(O)C(F)(F)F.O=C(O)C(F)(F)F.O=C(O)C(F)(F)F. The Morgan fingerprint density at radius 3 is 1.53 bits per heavy atom. The first-order valence-corrected chi connectivity index (χ1v) is 34.7. The Bertz CT molecular complexity index is 3570. The number of hydrogen-bond donors (Lipinski definition) is 22. The van der Waals surface area contributed by atoms with Crippen LogP contribution < -0.4 is 81.4 Å². The molecule has 0 saturated carbocycles. The van der Waals surface area contributed by atoms with Gasteiger partial charge in [-0.25, -0.2) is 14.4 Å². The summed E-state index contributed by atoms with van der Waals surface area (Å²) in [6, 6.07) is -9.32. The minimum Gasteiger partial charge on any atom is -0.475 e. The van der Waals surface area contributed by atoms with Gasteiger partial charge < -0.3 is 117 Å². The van der Waals surface area contributed by atoms with E-state index in [1.165, 1.54) is 50.5 Å². The van der Waals surface area contributed by atoms with Crippen LogP contribution in [-0.4, -0.2) is 252 Å². The van der Waals surface area contributed by atoms with Gasteiger partial charge >= 0.3 is 36.4 Å². The summed E-state index contributed by atoms with van der Waals surface area (Å²) in [5.74, 6) is -24.9. The van der Waals surface area contributed by atoms with Crippen molar-refractivity contribution in [3.63, 3.8) is 0 Å². The van der Waals surface area contributed by atoms with Gasteiger partial charge in [-0.2, -0.15) is 39.5 Å². The highest BCUT2D eigenvalue weighted by atomic mass is 19.4. The number of benzene rings is 1. The largest absolute Gasteiger partial charge is 0.490 e. The average Bonchev–Trinajstić information content (AvgIpc) is 0.810. The van der Waals surface area contributed by atoms with Crippen molar-refractivity contribution in [3.8, 4) is 0 Å². The third kappa shape index (κ3) is 39.0. The molecule has 115 heavy (non-hydrogen) atoms. The molecule has 48 heteroatoms. The normalized spacial score (nSPS) is 21.8. The number of nitrogens with zero attached hydrogens (tertiary/aromatic N) is 2. The molecule has 0 bridgehead atoms. The van der Waals surface area contributed by atoms with Gasteiger partial charge in [-0.15, -0.1) is 0 Å². The molecule has 0 spiro atoms. The fraction of sp³-hybridized carbons (Fsp3) is 0.597. The second-order valence-corrected chi connectivity index (χ2v) is 27.7. The summed E-state index contributed by atoms with van der Waals surface area (Å²) in [7, 11) is 0. The van der Waals surface area contributed by atoms with E-state index >= 15 is 9.59 Å². The third-order valence-corrected chi connectivity index (χ3v) is 15.9. The number of carboxylic acids is 3. The van der Waals surface area contributed by atoms with Gasteiger partial charge in [0, 0.05) is 25.4 Å². The molecule has 15 atom stereocenters. The number of nitrogens with two attached hydrogens (primary N) is 4. The maximum absolute atomic E-state index is 15.5. The molecule has 1 aromatic heterocycles. The number of hydrogen-bond acceptors (Lipinski definition) is 22. The summed E-state index contributed by atoms with van der Waals surface area (Å²) in [4.78, 5) is 206. The Labute approximate surface area is 651 Å². The van der Waals surface area contributed by atoms with E-state index in [0.29, 0.717) is 5.56 Å². The second-order valence-electron chi connectivity index (χ2n) is 27.7. The molecule has 1 aliphatic heterocycles. The Hall–Kier alpha value is -11.1. The molecule has 648 valence electrons. The van der Waals surface area contributed by atoms with Gasteiger partial charge in [0.15, 0.2) is 12.1 Å². The van der Waals surface area contributed by atoms with E-state index in [9.17, 15) is 108 Å². The van der Waals surface area contributed by atoms with Crippen LogP contribution in [0.1, 0.15) is 119 Å². The number of halogens is 9. The Morgan fingerprint density at radius 2 is 1.08 bits per heavy atom. The van der Waals surface area contributed by atoms with Crippen molar-refractivity contribution in [2.75, 3.05) is 19.7 Å². The first-order chi connectivity index (χ1) is 52.8. The number of aliphatic hydroxyl groups excluding tert-OH is 4. The molecule has 39 nitrogen and oxygen atoms in total. The predicted octanol–water partition coefficient (Wildman–Crippen LogP) is -3.98. The molecule has 3 rings (SSSR count). The number of aromatic nitrogens is 1. The monoisotopic (exact) mass is 1670 g/mol. The number of aliphatic hydroxyl groups is 4. The van der Waals surface area contributed by atoms with Crippen LogP contribution in [0.4, 0.5) is 39.5 Å². The summed E-state index contributed by atoms with van der Waals surface area (Å²) in [5.41, 5.74) is 22.8. The van der Waals surface area contributed by atoms with E-state index in [1.807, 2.05) is 26.1 Å². The predicted molar refractivity (Wildman–Crippen MR) is 382 cm³/mol. The average molecular weight is 1670 g/mol. The van der Waals surface area contributed by atoms with Crippen molar-refractivity contribution in [3.05, 3.63) is 66.0 Å². The highest BCUT2D eigenvalue weighted by Crippen LogP contribution is 2.23. The molecule has 0 radical (unpaired) electrons. The van der Waals surface area contributed by atoms with E-state index in [-0.39, 0.29) is 56.6 Å². The highest BCUT2D eigenvalue weighted by Gasteiger charge is 2.45. The zero-order valence-corrected chi connectivity index (χ0v) is 63.7. The number of carboxylic acid groups (broad SMARTS) is 3. The molecule has 1 fully saturated rings. The van der Waals surface area contributed by atoms with Crippen LogP contribution in [0.3, 0.4) is 0 Å². The van der Waals surface area contributed by atoms with Crippen molar-refractivity contribution in [1.82, 2.24) is 63.5 Å². The third-order valence-electron chi connectivity index (χ3n) is 15.9. The molecule has 2 heterocycles. The second kappa shape index (κ2) is 48.2. The van der Waals surface area contributed by atoms with E-state index in [1.54, 1.807) is 45.9 Å². The number of pyridine rings is 1. The number of rotatable bonds is 22. The fourth-order valence-electron chi connectivity index (χ4n) is 9.78. The first kappa shape index (κ1) is 104. The summed E-state index contributed by atoms with van der Waals surface area (Å²) >= 11 is 0. The minimum atomic E-state index is -5.08. The van der Waals surface area contributed by atoms with E-state index < -0.39 is 228 Å². The smallest absolute Gasteiger partial charge is 0.475 e. The number of guanidine groups is 1. The highest BCUT2D eigenvalue weighted by molar-refractivity contribution is 6.01. The summed E-state index contributed by atoms with van der Waals surface area (Å²) in [5, 5.41) is 92.5. The minimum absolute atomic E-state index is 0.0131. The van der Waals surface area contributed by atoms with Crippen molar-refractivity contribution in [2.24, 2.45) is 51.1 Å². The van der Waals surface area contributed by atoms with Crippen LogP contribution >= 0.6 is 0 Å². The van der Waals surface area contributed by atoms with Crippen LogP contribution in [0.2, 0.25) is 0 Å². The van der Waals surface area contributed by atoms with Gasteiger partial charge in [0.25, 0.3) is 0 Å². The lowest BCUT2D eigenvalue weighted by atomic mass is 9.88. The number of amides is 12. The van der Waals surface area contributed by atoms with Crippen LogP contribution in [0.15, 0.2) is 59.9 Å². The van der Waals surface area contributed by atoms with Gasteiger partial charge in [-0.05, 0) is 73.0 Å². The quantitative estimate of drug-likeness (QED) is 0.0231. The molecule has 1 aliphatic rings. The zero-order valence-electron chi connectivity index (χ0n) is 63.7. The molecule has 1 saturated heterocycles. The van der Waals surface area contributed by atoms with Crippen LogP contribution in [0.5, 0.6) is 0 Å². The summed E-state index contributed by atoms with van der Waals surface area (Å²) < 4.78 is 95.2. The van der Waals surface area contributed by atoms with E-state index in [0.717, 1.165) is 6.92 Å². The Morgan fingerprint density at radius 1 is 0.600 bits per heavy atom. The number of alkyl halides is 9. The maximum Gasteiger partial charge on any atom is 0.490 e. The number of aliphatic imine (C=N–C) groups is 1. The molecule has 26 N–H and O–H groups in total. The lowest BCUT2D eigenvalue weighted by Crippen LogP contribution is -2.65. The van der Waals surface area contributed by atoms with Gasteiger partial charge in [-0.1, -0.05) is 105 Å². The van der Waals surface area contributed by atoms with E-state index in [2.05, 4.69) is 63.1 Å². The van der Waals surface area contributed by atoms with Crippen LogP contribution in [0, 0.1) is 23.2 Å². The lowest BCUT2D eigenvalue weighted by molar-refractivity contribution is -0.193. The molecular formula is C67H100F9N17O22. The lowest BCUT2D eigenvalue weighted by Gasteiger charge is -2.34.